The van der Waals surface area contributed by atoms with Crippen molar-refractivity contribution in [3.05, 3.63) is 0 Å². The van der Waals surface area contributed by atoms with Crippen LogP contribution in [0.3, 0.4) is 0 Å². The zero-order valence-electron chi connectivity index (χ0n) is 8.21. The summed E-state index contributed by atoms with van der Waals surface area (Å²) in [6, 6.07) is 1.61. The summed E-state index contributed by atoms with van der Waals surface area (Å²) in [4.78, 5) is 10.4. The van der Waals surface area contributed by atoms with E-state index in [0.29, 0.717) is 6.42 Å². The Bertz CT molecular complexity index is 304. The minimum atomic E-state index is -0.665. The monoisotopic (exact) mass is 194 g/mol. The lowest BCUT2D eigenvalue weighted by Gasteiger charge is -2.27. The first-order valence-electron chi connectivity index (χ1n) is 4.58. The molecule has 76 valence electrons. The lowest BCUT2D eigenvalue weighted by atomic mass is 9.76. The van der Waals surface area contributed by atoms with Crippen LogP contribution in [-0.2, 0) is 0 Å². The van der Waals surface area contributed by atoms with E-state index < -0.39 is 6.03 Å². The lowest BCUT2D eigenvalue weighted by Crippen LogP contribution is -2.29. The molecule has 5 heteroatoms. The van der Waals surface area contributed by atoms with Crippen molar-refractivity contribution in [3.8, 4) is 6.07 Å². The molecule has 14 heavy (non-hydrogen) atoms. The van der Waals surface area contributed by atoms with Gasteiger partial charge in [-0.3, -0.25) is 0 Å². The Morgan fingerprint density at radius 2 is 2.50 bits per heavy atom. The van der Waals surface area contributed by atoms with Crippen LogP contribution in [0.4, 0.5) is 4.79 Å². The molecule has 2 amide bonds. The molecule has 0 radical (unpaired) electrons. The molecule has 0 bridgehead atoms. The highest BCUT2D eigenvalue weighted by Gasteiger charge is 2.29. The van der Waals surface area contributed by atoms with Gasteiger partial charge in [0.15, 0.2) is 0 Å². The Balaban J connectivity index is 2.61. The number of hydrogen-bond donors (Lipinski definition) is 2. The van der Waals surface area contributed by atoms with E-state index in [4.69, 9.17) is 11.0 Å². The number of urea groups is 1. The van der Waals surface area contributed by atoms with Gasteiger partial charge in [0.05, 0.1) is 11.5 Å². The fraction of sp³-hybridized carbons (Fsp3) is 0.667. The van der Waals surface area contributed by atoms with E-state index in [0.717, 1.165) is 25.0 Å². The topological polar surface area (TPSA) is 91.3 Å². The highest BCUT2D eigenvalue weighted by Crippen LogP contribution is 2.33. The van der Waals surface area contributed by atoms with Crippen molar-refractivity contribution in [2.24, 2.45) is 16.3 Å². The molecule has 1 aliphatic carbocycles. The molecular weight excluding hydrogens is 180 g/mol. The van der Waals surface area contributed by atoms with Crippen LogP contribution in [0.5, 0.6) is 0 Å². The van der Waals surface area contributed by atoms with Crippen LogP contribution < -0.4 is 11.2 Å². The minimum Gasteiger partial charge on any atom is -0.350 e. The quantitative estimate of drug-likeness (QED) is 0.612. The Labute approximate surface area is 83.0 Å². The molecule has 1 fully saturated rings. The molecule has 1 rings (SSSR count). The standard InChI is InChI=1S/C9H14N4O/c1-9(6-10)4-2-3-7(5-9)12-13-8(11)14/h2-5H2,1H3,(H3,11,13,14)/b12-7-. The summed E-state index contributed by atoms with van der Waals surface area (Å²) in [7, 11) is 0. The smallest absolute Gasteiger partial charge is 0.332 e. The Morgan fingerprint density at radius 3 is 3.07 bits per heavy atom. The van der Waals surface area contributed by atoms with Gasteiger partial charge in [0.2, 0.25) is 0 Å². The summed E-state index contributed by atoms with van der Waals surface area (Å²) >= 11 is 0. The third kappa shape index (κ3) is 2.73. The van der Waals surface area contributed by atoms with Crippen LogP contribution in [-0.4, -0.2) is 11.7 Å². The van der Waals surface area contributed by atoms with Gasteiger partial charge >= 0.3 is 6.03 Å². The van der Waals surface area contributed by atoms with E-state index in [1.807, 2.05) is 6.92 Å². The van der Waals surface area contributed by atoms with Gasteiger partial charge in [-0.1, -0.05) is 0 Å². The summed E-state index contributed by atoms with van der Waals surface area (Å²) in [5.74, 6) is 0. The molecule has 0 aromatic heterocycles. The molecule has 3 N–H and O–H groups in total. The van der Waals surface area contributed by atoms with Gasteiger partial charge in [-0.25, -0.2) is 10.2 Å². The van der Waals surface area contributed by atoms with Gasteiger partial charge in [-0.2, -0.15) is 10.4 Å². The van der Waals surface area contributed by atoms with E-state index in [1.165, 1.54) is 0 Å². The molecule has 5 nitrogen and oxygen atoms in total. The summed E-state index contributed by atoms with van der Waals surface area (Å²) in [5, 5.41) is 12.8. The second-order valence-electron chi connectivity index (χ2n) is 3.86. The number of primary amides is 1. The Kier molecular flexibility index (Phi) is 3.07. The molecule has 0 spiro atoms. The molecule has 1 aliphatic rings. The van der Waals surface area contributed by atoms with Crippen molar-refractivity contribution in [2.45, 2.75) is 32.6 Å². The maximum Gasteiger partial charge on any atom is 0.332 e. The van der Waals surface area contributed by atoms with E-state index in [9.17, 15) is 4.79 Å². The highest BCUT2D eigenvalue weighted by molar-refractivity contribution is 5.87. The second-order valence-corrected chi connectivity index (χ2v) is 3.86. The van der Waals surface area contributed by atoms with Crippen molar-refractivity contribution < 1.29 is 4.79 Å². The summed E-state index contributed by atoms with van der Waals surface area (Å²) in [6.07, 6.45) is 3.27. The van der Waals surface area contributed by atoms with Crippen LogP contribution in [0.1, 0.15) is 32.6 Å². The fourth-order valence-electron chi connectivity index (χ4n) is 1.63. The van der Waals surface area contributed by atoms with Gasteiger partial charge in [-0.05, 0) is 26.2 Å². The van der Waals surface area contributed by atoms with Crippen LogP contribution in [0, 0.1) is 16.7 Å². The third-order valence-corrected chi connectivity index (χ3v) is 2.38. The predicted molar refractivity (Wildman–Crippen MR) is 52.3 cm³/mol. The summed E-state index contributed by atoms with van der Waals surface area (Å²) in [6.45, 7) is 1.91. The summed E-state index contributed by atoms with van der Waals surface area (Å²) < 4.78 is 0. The van der Waals surface area contributed by atoms with E-state index in [-0.39, 0.29) is 5.41 Å². The molecular formula is C9H14N4O. The first kappa shape index (κ1) is 10.5. The van der Waals surface area contributed by atoms with E-state index >= 15 is 0 Å². The van der Waals surface area contributed by atoms with Gasteiger partial charge < -0.3 is 5.73 Å². The van der Waals surface area contributed by atoms with Crippen LogP contribution >= 0.6 is 0 Å². The van der Waals surface area contributed by atoms with Gasteiger partial charge in [0.25, 0.3) is 0 Å². The first-order chi connectivity index (χ1) is 6.56. The van der Waals surface area contributed by atoms with Crippen LogP contribution in [0.25, 0.3) is 0 Å². The molecule has 0 aliphatic heterocycles. The Morgan fingerprint density at radius 1 is 1.79 bits per heavy atom. The number of rotatable bonds is 1. The van der Waals surface area contributed by atoms with E-state index in [2.05, 4.69) is 16.6 Å². The number of amides is 2. The minimum absolute atomic E-state index is 0.337. The number of nitriles is 1. The number of hydrogen-bond acceptors (Lipinski definition) is 3. The normalized spacial score (nSPS) is 29.6. The second kappa shape index (κ2) is 4.09. The molecule has 1 saturated carbocycles. The highest BCUT2D eigenvalue weighted by atomic mass is 16.2. The zero-order valence-corrected chi connectivity index (χ0v) is 8.21. The maximum atomic E-state index is 10.4. The average molecular weight is 194 g/mol. The maximum absolute atomic E-state index is 10.4. The SMILES string of the molecule is CC1(C#N)CCC/C(=N/NC(N)=O)C1. The molecule has 0 saturated heterocycles. The number of carbonyl (C=O) groups is 1. The van der Waals surface area contributed by atoms with Crippen LogP contribution in [0.15, 0.2) is 5.10 Å². The number of nitrogens with zero attached hydrogens (tertiary/aromatic N) is 2. The van der Waals surface area contributed by atoms with Gasteiger partial charge in [0.1, 0.15) is 0 Å². The molecule has 0 aromatic rings. The fourth-order valence-corrected chi connectivity index (χ4v) is 1.63. The molecule has 0 aromatic carbocycles. The van der Waals surface area contributed by atoms with Crippen LogP contribution in [0.2, 0.25) is 0 Å². The first-order valence-corrected chi connectivity index (χ1v) is 4.58. The summed E-state index contributed by atoms with van der Waals surface area (Å²) in [5.41, 5.74) is 7.59. The average Bonchev–Trinajstić information content (AvgIpc) is 2.15. The van der Waals surface area contributed by atoms with Gasteiger partial charge in [0, 0.05) is 12.1 Å². The largest absolute Gasteiger partial charge is 0.350 e. The van der Waals surface area contributed by atoms with Crippen molar-refractivity contribution in [1.82, 2.24) is 5.43 Å². The number of nitrogens with two attached hydrogens (primary N) is 1. The lowest BCUT2D eigenvalue weighted by molar-refractivity contribution is 0.249. The zero-order chi connectivity index (χ0) is 10.6. The molecule has 0 heterocycles. The van der Waals surface area contributed by atoms with Crippen molar-refractivity contribution >= 4 is 11.7 Å². The van der Waals surface area contributed by atoms with Crippen molar-refractivity contribution in [1.29, 1.82) is 5.26 Å². The number of carbonyl (C=O) groups excluding carboxylic acids is 1. The molecule has 1 atom stereocenters. The van der Waals surface area contributed by atoms with Crippen molar-refractivity contribution in [2.75, 3.05) is 0 Å². The van der Waals surface area contributed by atoms with Gasteiger partial charge in [-0.15, -0.1) is 0 Å². The third-order valence-electron chi connectivity index (χ3n) is 2.38. The van der Waals surface area contributed by atoms with Crippen molar-refractivity contribution in [3.63, 3.8) is 0 Å². The number of hydrazone groups is 1. The molecule has 1 unspecified atom stereocenters. The van der Waals surface area contributed by atoms with E-state index in [1.54, 1.807) is 0 Å². The predicted octanol–water partition coefficient (Wildman–Crippen LogP) is 1.11. The number of nitrogens with one attached hydrogen (secondary N) is 1. The Hall–Kier alpha value is -1.57.